The normalized spacial score (nSPS) is 12.7. The third kappa shape index (κ3) is 5.87. The fourth-order valence-corrected chi connectivity index (χ4v) is 9.40. The van der Waals surface area contributed by atoms with Crippen molar-refractivity contribution >= 4 is 38.9 Å². The Hall–Kier alpha value is -7.42. The van der Waals surface area contributed by atoms with E-state index in [1.54, 1.807) is 0 Å². The zero-order valence-corrected chi connectivity index (χ0v) is 33.2. The smallest absolute Gasteiger partial charge is 0.0541 e. The lowest BCUT2D eigenvalue weighted by atomic mass is 9.82. The number of rotatable bonds is 7. The van der Waals surface area contributed by atoms with E-state index >= 15 is 0 Å². The Kier molecular flexibility index (Phi) is 8.20. The number of anilines is 3. The minimum absolute atomic E-state index is 0.0788. The summed E-state index contributed by atoms with van der Waals surface area (Å²) < 4.78 is 2.39. The van der Waals surface area contributed by atoms with Crippen LogP contribution in [-0.2, 0) is 5.41 Å². The molecule has 0 atom stereocenters. The molecule has 9 aromatic carbocycles. The van der Waals surface area contributed by atoms with Gasteiger partial charge in [0.05, 0.1) is 11.0 Å². The van der Waals surface area contributed by atoms with Gasteiger partial charge < -0.3 is 9.47 Å². The largest absolute Gasteiger partial charge is 0.310 e. The van der Waals surface area contributed by atoms with Gasteiger partial charge in [0, 0.05) is 38.9 Å². The lowest BCUT2D eigenvalue weighted by Gasteiger charge is -2.28. The van der Waals surface area contributed by atoms with Gasteiger partial charge >= 0.3 is 0 Å². The van der Waals surface area contributed by atoms with Crippen LogP contribution in [0.25, 0.3) is 72.0 Å². The Labute approximate surface area is 345 Å². The van der Waals surface area contributed by atoms with Gasteiger partial charge in [0.25, 0.3) is 0 Å². The first-order valence-corrected chi connectivity index (χ1v) is 20.5. The molecule has 0 N–H and O–H groups in total. The van der Waals surface area contributed by atoms with E-state index < -0.39 is 0 Å². The summed E-state index contributed by atoms with van der Waals surface area (Å²) in [5, 5.41) is 2.51. The average Bonchev–Trinajstić information content (AvgIpc) is 3.75. The summed E-state index contributed by atoms with van der Waals surface area (Å²) in [6, 6.07) is 79.7. The topological polar surface area (TPSA) is 8.17 Å². The van der Waals surface area contributed by atoms with E-state index in [9.17, 15) is 0 Å². The van der Waals surface area contributed by atoms with E-state index in [4.69, 9.17) is 0 Å². The first-order valence-electron chi connectivity index (χ1n) is 20.5. The van der Waals surface area contributed by atoms with Crippen LogP contribution in [0.4, 0.5) is 17.1 Å². The molecular weight excluding hydrogens is 713 g/mol. The number of benzene rings is 9. The van der Waals surface area contributed by atoms with E-state index in [-0.39, 0.29) is 5.41 Å². The molecule has 0 fully saturated rings. The molecule has 0 saturated heterocycles. The molecule has 1 aliphatic carbocycles. The molecule has 280 valence electrons. The number of nitrogens with zero attached hydrogens (tertiary/aromatic N) is 2. The molecule has 0 bridgehead atoms. The molecule has 0 unspecified atom stereocenters. The van der Waals surface area contributed by atoms with Gasteiger partial charge in [-0.3, -0.25) is 0 Å². The molecular formula is C57H42N2. The molecule has 0 spiro atoms. The second-order valence-corrected chi connectivity index (χ2v) is 16.2. The summed E-state index contributed by atoms with van der Waals surface area (Å²) >= 11 is 0. The molecule has 2 nitrogen and oxygen atoms in total. The molecule has 0 amide bonds. The van der Waals surface area contributed by atoms with Gasteiger partial charge in [-0.1, -0.05) is 166 Å². The SMILES string of the molecule is CC1(C)c2ccccc2-c2ccc(N(c3ccccc3)c3cccc(-c4ccc(-c5ccc6c(c5)c5ccccc5n6-c5ccc(-c6ccccc6)cc5)cc4)c3)cc21. The van der Waals surface area contributed by atoms with Crippen LogP contribution in [0, 0.1) is 0 Å². The predicted molar refractivity (Wildman–Crippen MR) is 249 cm³/mol. The van der Waals surface area contributed by atoms with Crippen molar-refractivity contribution in [2.75, 3.05) is 4.90 Å². The van der Waals surface area contributed by atoms with E-state index in [1.807, 2.05) is 0 Å². The maximum absolute atomic E-state index is 2.40. The molecule has 59 heavy (non-hydrogen) atoms. The summed E-state index contributed by atoms with van der Waals surface area (Å²) in [7, 11) is 0. The van der Waals surface area contributed by atoms with Crippen molar-refractivity contribution in [2.45, 2.75) is 19.3 Å². The van der Waals surface area contributed by atoms with Crippen LogP contribution < -0.4 is 4.90 Å². The van der Waals surface area contributed by atoms with E-state index in [1.165, 1.54) is 77.4 Å². The molecule has 2 heteroatoms. The van der Waals surface area contributed by atoms with Crippen molar-refractivity contribution in [3.8, 4) is 50.2 Å². The first kappa shape index (κ1) is 34.8. The molecule has 0 aliphatic heterocycles. The summed E-state index contributed by atoms with van der Waals surface area (Å²) in [4.78, 5) is 2.39. The number of fused-ring (bicyclic) bond motifs is 6. The van der Waals surface area contributed by atoms with Crippen LogP contribution in [-0.4, -0.2) is 4.57 Å². The lowest BCUT2D eigenvalue weighted by molar-refractivity contribution is 0.660. The van der Waals surface area contributed by atoms with Crippen LogP contribution in [0.15, 0.2) is 218 Å². The number of para-hydroxylation sites is 2. The average molecular weight is 755 g/mol. The van der Waals surface area contributed by atoms with Crippen molar-refractivity contribution in [2.24, 2.45) is 0 Å². The van der Waals surface area contributed by atoms with E-state index in [2.05, 4.69) is 242 Å². The minimum atomic E-state index is -0.0788. The minimum Gasteiger partial charge on any atom is -0.310 e. The Morgan fingerprint density at radius 3 is 1.64 bits per heavy atom. The summed E-state index contributed by atoms with van der Waals surface area (Å²) in [6.45, 7) is 4.70. The third-order valence-corrected chi connectivity index (χ3v) is 12.4. The summed E-state index contributed by atoms with van der Waals surface area (Å²) in [5.74, 6) is 0. The molecule has 10 aromatic rings. The van der Waals surface area contributed by atoms with Crippen molar-refractivity contribution in [1.82, 2.24) is 4.57 Å². The maximum atomic E-state index is 2.40. The first-order chi connectivity index (χ1) is 29.0. The van der Waals surface area contributed by atoms with Gasteiger partial charge in [0.2, 0.25) is 0 Å². The van der Waals surface area contributed by atoms with Crippen molar-refractivity contribution in [1.29, 1.82) is 0 Å². The third-order valence-electron chi connectivity index (χ3n) is 12.4. The maximum Gasteiger partial charge on any atom is 0.0541 e. The second kappa shape index (κ2) is 13.9. The zero-order valence-electron chi connectivity index (χ0n) is 33.2. The Morgan fingerprint density at radius 2 is 0.864 bits per heavy atom. The van der Waals surface area contributed by atoms with Crippen LogP contribution in [0.1, 0.15) is 25.0 Å². The highest BCUT2D eigenvalue weighted by Crippen LogP contribution is 2.50. The molecule has 1 aliphatic rings. The highest BCUT2D eigenvalue weighted by Gasteiger charge is 2.35. The monoisotopic (exact) mass is 754 g/mol. The standard InChI is InChI=1S/C57H42N2/c1-57(2)53-22-11-9-20-49(53)50-34-33-48(38-54(50)57)58(45-17-7-4-8-18-45)47-19-13-16-43(36-47)41-24-26-42(27-25-41)44-30-35-56-52(37-44)51-21-10-12-23-55(51)59(56)46-31-28-40(29-32-46)39-14-5-3-6-15-39/h3-38H,1-2H3. The quantitative estimate of drug-likeness (QED) is 0.157. The number of hydrogen-bond acceptors (Lipinski definition) is 1. The molecule has 0 radical (unpaired) electrons. The van der Waals surface area contributed by atoms with Gasteiger partial charge in [0.15, 0.2) is 0 Å². The Morgan fingerprint density at radius 1 is 0.339 bits per heavy atom. The summed E-state index contributed by atoms with van der Waals surface area (Å²) in [5.41, 5.74) is 19.5. The number of aromatic nitrogens is 1. The van der Waals surface area contributed by atoms with Crippen LogP contribution in [0.2, 0.25) is 0 Å². The molecule has 0 saturated carbocycles. The number of hydrogen-bond donors (Lipinski definition) is 0. The van der Waals surface area contributed by atoms with Crippen LogP contribution in [0.5, 0.6) is 0 Å². The van der Waals surface area contributed by atoms with Crippen molar-refractivity contribution < 1.29 is 0 Å². The van der Waals surface area contributed by atoms with Crippen LogP contribution >= 0.6 is 0 Å². The Bertz CT molecular complexity index is 3150. The van der Waals surface area contributed by atoms with Gasteiger partial charge in [0.1, 0.15) is 0 Å². The second-order valence-electron chi connectivity index (χ2n) is 16.2. The fourth-order valence-electron chi connectivity index (χ4n) is 9.40. The fraction of sp³-hybridized carbons (Fsp3) is 0.0526. The Balaban J connectivity index is 0.929. The molecule has 11 rings (SSSR count). The predicted octanol–water partition coefficient (Wildman–Crippen LogP) is 15.6. The van der Waals surface area contributed by atoms with Gasteiger partial charge in [-0.2, -0.15) is 0 Å². The van der Waals surface area contributed by atoms with Gasteiger partial charge in [-0.15, -0.1) is 0 Å². The lowest BCUT2D eigenvalue weighted by Crippen LogP contribution is -2.16. The zero-order chi connectivity index (χ0) is 39.5. The van der Waals surface area contributed by atoms with Crippen molar-refractivity contribution in [3.05, 3.63) is 230 Å². The van der Waals surface area contributed by atoms with Gasteiger partial charge in [-0.25, -0.2) is 0 Å². The van der Waals surface area contributed by atoms with E-state index in [0.717, 1.165) is 22.7 Å². The van der Waals surface area contributed by atoms with E-state index in [0.29, 0.717) is 0 Å². The van der Waals surface area contributed by atoms with Gasteiger partial charge in [-0.05, 0) is 122 Å². The van der Waals surface area contributed by atoms with Crippen molar-refractivity contribution in [3.63, 3.8) is 0 Å². The highest BCUT2D eigenvalue weighted by atomic mass is 15.1. The van der Waals surface area contributed by atoms with Crippen LogP contribution in [0.3, 0.4) is 0 Å². The molecule has 1 aromatic heterocycles. The highest BCUT2D eigenvalue weighted by molar-refractivity contribution is 6.10. The summed E-state index contributed by atoms with van der Waals surface area (Å²) in [6.07, 6.45) is 0. The molecule has 1 heterocycles.